The fraction of sp³-hybridized carbons (Fsp3) is 0.591. The lowest BCUT2D eigenvalue weighted by atomic mass is 9.96. The Kier molecular flexibility index (Phi) is 5.98. The Morgan fingerprint density at radius 3 is 2.45 bits per heavy atom. The second-order valence-corrected chi connectivity index (χ2v) is 11.1. The van der Waals surface area contributed by atoms with Crippen LogP contribution in [0, 0.1) is 0 Å². The summed E-state index contributed by atoms with van der Waals surface area (Å²) in [5, 5.41) is 9.25. The van der Waals surface area contributed by atoms with Crippen LogP contribution in [0.3, 0.4) is 0 Å². The van der Waals surface area contributed by atoms with Gasteiger partial charge in [-0.3, -0.25) is 18.7 Å². The van der Waals surface area contributed by atoms with Crippen molar-refractivity contribution in [3.05, 3.63) is 40.4 Å². The molecule has 178 valence electrons. The lowest BCUT2D eigenvalue weighted by Gasteiger charge is -2.38. The summed E-state index contributed by atoms with van der Waals surface area (Å²) >= 11 is 0. The zero-order valence-corrected chi connectivity index (χ0v) is 20.0. The summed E-state index contributed by atoms with van der Waals surface area (Å²) in [6.45, 7) is 2.69. The third-order valence-corrected chi connectivity index (χ3v) is 9.21. The summed E-state index contributed by atoms with van der Waals surface area (Å²) in [4.78, 5) is 14.8. The SMILES string of the molecule is CN(C1CCCCC1)S(=O)(=O)N1CCN(Cc2nnc3n(C)c(=O)c4ccccc4n23)CC1. The van der Waals surface area contributed by atoms with Crippen LogP contribution >= 0.6 is 0 Å². The molecule has 1 aromatic carbocycles. The van der Waals surface area contributed by atoms with Crippen molar-refractivity contribution in [2.75, 3.05) is 33.2 Å². The van der Waals surface area contributed by atoms with E-state index >= 15 is 0 Å². The van der Waals surface area contributed by atoms with Crippen molar-refractivity contribution in [2.24, 2.45) is 7.05 Å². The molecule has 5 rings (SSSR count). The summed E-state index contributed by atoms with van der Waals surface area (Å²) in [7, 11) is -0.0173. The maximum atomic E-state index is 13.2. The van der Waals surface area contributed by atoms with E-state index in [2.05, 4.69) is 15.1 Å². The topological polar surface area (TPSA) is 96.1 Å². The van der Waals surface area contributed by atoms with Gasteiger partial charge in [-0.25, -0.2) is 0 Å². The van der Waals surface area contributed by atoms with Crippen LogP contribution in [0.5, 0.6) is 0 Å². The van der Waals surface area contributed by atoms with E-state index in [9.17, 15) is 13.2 Å². The number of aryl methyl sites for hydroxylation is 1. The van der Waals surface area contributed by atoms with Crippen molar-refractivity contribution in [2.45, 2.75) is 44.7 Å². The Labute approximate surface area is 193 Å². The molecular formula is C22H31N7O3S. The molecule has 1 saturated carbocycles. The van der Waals surface area contributed by atoms with Gasteiger partial charge in [0.2, 0.25) is 5.78 Å². The van der Waals surface area contributed by atoms with Crippen LogP contribution in [0.2, 0.25) is 0 Å². The minimum Gasteiger partial charge on any atom is -0.293 e. The Bertz CT molecular complexity index is 1320. The molecule has 2 fully saturated rings. The van der Waals surface area contributed by atoms with E-state index in [0.29, 0.717) is 43.9 Å². The molecule has 3 heterocycles. The number of fused-ring (bicyclic) bond motifs is 3. The molecule has 2 aliphatic rings. The van der Waals surface area contributed by atoms with Gasteiger partial charge in [0.1, 0.15) is 0 Å². The maximum Gasteiger partial charge on any atom is 0.282 e. The first-order chi connectivity index (χ1) is 15.9. The first kappa shape index (κ1) is 22.5. The molecule has 11 heteroatoms. The highest BCUT2D eigenvalue weighted by atomic mass is 32.2. The number of piperazine rings is 1. The molecule has 10 nitrogen and oxygen atoms in total. The molecule has 0 unspecified atom stereocenters. The van der Waals surface area contributed by atoms with E-state index in [4.69, 9.17) is 0 Å². The van der Waals surface area contributed by atoms with Gasteiger partial charge in [-0.2, -0.15) is 17.0 Å². The van der Waals surface area contributed by atoms with Crippen molar-refractivity contribution in [3.63, 3.8) is 0 Å². The zero-order chi connectivity index (χ0) is 23.2. The summed E-state index contributed by atoms with van der Waals surface area (Å²) in [5.74, 6) is 1.25. The second kappa shape index (κ2) is 8.79. The molecule has 0 spiro atoms. The van der Waals surface area contributed by atoms with Crippen LogP contribution in [-0.4, -0.2) is 80.4 Å². The lowest BCUT2D eigenvalue weighted by Crippen LogP contribution is -2.54. The van der Waals surface area contributed by atoms with Gasteiger partial charge in [0.25, 0.3) is 15.8 Å². The normalized spacial score (nSPS) is 19.7. The third-order valence-electron chi connectivity index (χ3n) is 7.17. The molecule has 0 amide bonds. The highest BCUT2D eigenvalue weighted by molar-refractivity contribution is 7.86. The van der Waals surface area contributed by atoms with E-state index in [1.807, 2.05) is 28.7 Å². The molecule has 1 aliphatic carbocycles. The molecule has 0 atom stereocenters. The Hall–Kier alpha value is -2.34. The van der Waals surface area contributed by atoms with Crippen LogP contribution in [0.4, 0.5) is 0 Å². The number of hydrogen-bond acceptors (Lipinski definition) is 6. The van der Waals surface area contributed by atoms with Crippen molar-refractivity contribution in [1.82, 2.24) is 32.7 Å². The molecule has 1 saturated heterocycles. The maximum absolute atomic E-state index is 13.2. The number of hydrogen-bond donors (Lipinski definition) is 0. The summed E-state index contributed by atoms with van der Waals surface area (Å²) in [6, 6.07) is 7.58. The van der Waals surface area contributed by atoms with E-state index in [0.717, 1.165) is 37.0 Å². The molecular weight excluding hydrogens is 442 g/mol. The molecule has 0 bridgehead atoms. The molecule has 3 aromatic rings. The Balaban J connectivity index is 1.32. The largest absolute Gasteiger partial charge is 0.293 e. The smallest absolute Gasteiger partial charge is 0.282 e. The Morgan fingerprint density at radius 2 is 1.73 bits per heavy atom. The van der Waals surface area contributed by atoms with Crippen LogP contribution in [0.1, 0.15) is 37.9 Å². The van der Waals surface area contributed by atoms with Gasteiger partial charge in [0.15, 0.2) is 5.82 Å². The first-order valence-electron chi connectivity index (χ1n) is 11.6. The van der Waals surface area contributed by atoms with Crippen LogP contribution < -0.4 is 5.56 Å². The summed E-state index contributed by atoms with van der Waals surface area (Å²) in [6.07, 6.45) is 5.30. The third kappa shape index (κ3) is 3.96. The van der Waals surface area contributed by atoms with Gasteiger partial charge < -0.3 is 0 Å². The van der Waals surface area contributed by atoms with Crippen LogP contribution in [0.25, 0.3) is 16.7 Å². The van der Waals surface area contributed by atoms with Crippen LogP contribution in [0.15, 0.2) is 29.1 Å². The van der Waals surface area contributed by atoms with Gasteiger partial charge >= 0.3 is 0 Å². The number of benzene rings is 1. The molecule has 33 heavy (non-hydrogen) atoms. The van der Waals surface area contributed by atoms with E-state index in [1.165, 1.54) is 11.0 Å². The van der Waals surface area contributed by atoms with Crippen molar-refractivity contribution >= 4 is 26.9 Å². The number of nitrogens with zero attached hydrogens (tertiary/aromatic N) is 7. The predicted molar refractivity (Wildman–Crippen MR) is 126 cm³/mol. The van der Waals surface area contributed by atoms with Gasteiger partial charge in [-0.1, -0.05) is 31.4 Å². The highest BCUT2D eigenvalue weighted by Crippen LogP contribution is 2.25. The molecule has 0 radical (unpaired) electrons. The van der Waals surface area contributed by atoms with Crippen molar-refractivity contribution in [3.8, 4) is 0 Å². The molecule has 2 aromatic heterocycles. The average Bonchev–Trinajstić information content (AvgIpc) is 3.26. The van der Waals surface area contributed by atoms with Crippen molar-refractivity contribution < 1.29 is 8.42 Å². The van der Waals surface area contributed by atoms with Gasteiger partial charge in [0, 0.05) is 46.3 Å². The van der Waals surface area contributed by atoms with Crippen LogP contribution in [-0.2, 0) is 23.8 Å². The Morgan fingerprint density at radius 1 is 1.03 bits per heavy atom. The summed E-state index contributed by atoms with van der Waals surface area (Å²) < 4.78 is 33.0. The zero-order valence-electron chi connectivity index (χ0n) is 19.2. The monoisotopic (exact) mass is 473 g/mol. The van der Waals surface area contributed by atoms with E-state index in [1.54, 1.807) is 22.7 Å². The predicted octanol–water partition coefficient (Wildman–Crippen LogP) is 1.21. The minimum absolute atomic E-state index is 0.0991. The van der Waals surface area contributed by atoms with E-state index in [-0.39, 0.29) is 11.6 Å². The fourth-order valence-corrected chi connectivity index (χ4v) is 6.70. The quantitative estimate of drug-likeness (QED) is 0.553. The standard InChI is InChI=1S/C22H31N7O3S/c1-25-21(30)18-10-6-7-11-19(18)29-20(23-24-22(25)29)16-27-12-14-28(15-13-27)33(31,32)26(2)17-8-4-3-5-9-17/h6-7,10-11,17H,3-5,8-9,12-16H2,1-2H3. The van der Waals surface area contributed by atoms with Gasteiger partial charge in [-0.05, 0) is 25.0 Å². The number of rotatable bonds is 5. The minimum atomic E-state index is -3.45. The number of para-hydroxylation sites is 1. The first-order valence-corrected chi connectivity index (χ1v) is 13.0. The van der Waals surface area contributed by atoms with Gasteiger partial charge in [0.05, 0.1) is 17.4 Å². The molecule has 1 aliphatic heterocycles. The summed E-state index contributed by atoms with van der Waals surface area (Å²) in [5.41, 5.74) is 0.684. The lowest BCUT2D eigenvalue weighted by molar-refractivity contribution is 0.167. The van der Waals surface area contributed by atoms with Gasteiger partial charge in [-0.15, -0.1) is 10.2 Å². The molecule has 0 N–H and O–H groups in total. The second-order valence-electron chi connectivity index (χ2n) is 9.12. The van der Waals surface area contributed by atoms with E-state index < -0.39 is 10.2 Å². The van der Waals surface area contributed by atoms with Crippen molar-refractivity contribution in [1.29, 1.82) is 0 Å². The average molecular weight is 474 g/mol. The number of aromatic nitrogens is 4. The highest BCUT2D eigenvalue weighted by Gasteiger charge is 2.34. The fourth-order valence-electron chi connectivity index (χ4n) is 5.13.